The van der Waals surface area contributed by atoms with E-state index in [1.165, 1.54) is 0 Å². The molecule has 2 aromatic carbocycles. The van der Waals surface area contributed by atoms with Crippen molar-refractivity contribution in [3.05, 3.63) is 66.2 Å². The predicted octanol–water partition coefficient (Wildman–Crippen LogP) is 3.33. The molecule has 1 aliphatic rings. The maximum Gasteiger partial charge on any atom is 0.410 e. The van der Waals surface area contributed by atoms with Gasteiger partial charge < -0.3 is 19.3 Å². The molecule has 1 fully saturated rings. The zero-order chi connectivity index (χ0) is 19.6. The van der Waals surface area contributed by atoms with Gasteiger partial charge in [-0.3, -0.25) is 4.79 Å². The minimum Gasteiger partial charge on any atom is -0.494 e. The third-order valence-electron chi connectivity index (χ3n) is 4.64. The SMILES string of the molecule is O=C(CCCOc1ccccc1)N1CCN(C(=O)OCc2ccccc2)CC1. The lowest BCUT2D eigenvalue weighted by atomic mass is 10.2. The number of hydrogen-bond acceptors (Lipinski definition) is 4. The third kappa shape index (κ3) is 6.01. The van der Waals surface area contributed by atoms with Gasteiger partial charge in [0, 0.05) is 32.6 Å². The summed E-state index contributed by atoms with van der Waals surface area (Å²) < 4.78 is 11.0. The highest BCUT2D eigenvalue weighted by Crippen LogP contribution is 2.11. The van der Waals surface area contributed by atoms with Crippen LogP contribution >= 0.6 is 0 Å². The Labute approximate surface area is 165 Å². The molecule has 0 radical (unpaired) electrons. The molecule has 0 aromatic heterocycles. The van der Waals surface area contributed by atoms with Gasteiger partial charge in [-0.1, -0.05) is 48.5 Å². The lowest BCUT2D eigenvalue weighted by molar-refractivity contribution is -0.133. The van der Waals surface area contributed by atoms with Crippen LogP contribution in [0.1, 0.15) is 18.4 Å². The first-order valence-corrected chi connectivity index (χ1v) is 9.63. The van der Waals surface area contributed by atoms with Gasteiger partial charge in [0.05, 0.1) is 6.61 Å². The number of carbonyl (C=O) groups is 2. The van der Waals surface area contributed by atoms with Crippen LogP contribution in [0.4, 0.5) is 4.79 Å². The molecular formula is C22H26N2O4. The van der Waals surface area contributed by atoms with Crippen molar-refractivity contribution in [1.82, 2.24) is 9.80 Å². The van der Waals surface area contributed by atoms with Crippen molar-refractivity contribution in [3.63, 3.8) is 0 Å². The Kier molecular flexibility index (Phi) is 7.29. The van der Waals surface area contributed by atoms with Gasteiger partial charge in [-0.25, -0.2) is 4.79 Å². The van der Waals surface area contributed by atoms with Gasteiger partial charge in [-0.15, -0.1) is 0 Å². The molecule has 2 aromatic rings. The number of rotatable bonds is 7. The van der Waals surface area contributed by atoms with Gasteiger partial charge in [0.15, 0.2) is 0 Å². The second-order valence-electron chi connectivity index (χ2n) is 6.67. The first-order chi connectivity index (χ1) is 13.7. The number of amides is 2. The minimum absolute atomic E-state index is 0.106. The van der Waals surface area contributed by atoms with E-state index in [2.05, 4.69) is 0 Å². The summed E-state index contributed by atoms with van der Waals surface area (Å²) in [5.74, 6) is 0.923. The molecule has 148 valence electrons. The Morgan fingerprint density at radius 3 is 2.11 bits per heavy atom. The summed E-state index contributed by atoms with van der Waals surface area (Å²) in [5, 5.41) is 0. The molecule has 0 N–H and O–H groups in total. The Morgan fingerprint density at radius 1 is 0.821 bits per heavy atom. The summed E-state index contributed by atoms with van der Waals surface area (Å²) in [6.07, 6.45) is 0.797. The summed E-state index contributed by atoms with van der Waals surface area (Å²) in [6.45, 7) is 2.86. The van der Waals surface area contributed by atoms with E-state index in [9.17, 15) is 9.59 Å². The minimum atomic E-state index is -0.327. The van der Waals surface area contributed by atoms with Gasteiger partial charge in [-0.05, 0) is 24.1 Å². The van der Waals surface area contributed by atoms with Crippen LogP contribution in [0, 0.1) is 0 Å². The van der Waals surface area contributed by atoms with Crippen molar-refractivity contribution >= 4 is 12.0 Å². The van der Waals surface area contributed by atoms with Gasteiger partial charge >= 0.3 is 6.09 Å². The van der Waals surface area contributed by atoms with Crippen LogP contribution in [-0.2, 0) is 16.1 Å². The summed E-state index contributed by atoms with van der Waals surface area (Å²) >= 11 is 0. The van der Waals surface area contributed by atoms with Gasteiger partial charge in [-0.2, -0.15) is 0 Å². The fourth-order valence-electron chi connectivity index (χ4n) is 3.04. The molecule has 1 saturated heterocycles. The lowest BCUT2D eigenvalue weighted by Gasteiger charge is -2.34. The van der Waals surface area contributed by atoms with Crippen LogP contribution in [0.5, 0.6) is 5.75 Å². The fourth-order valence-corrected chi connectivity index (χ4v) is 3.04. The van der Waals surface area contributed by atoms with E-state index in [1.54, 1.807) is 4.90 Å². The maximum atomic E-state index is 12.3. The molecule has 1 heterocycles. The van der Waals surface area contributed by atoms with Crippen LogP contribution < -0.4 is 4.74 Å². The van der Waals surface area contributed by atoms with Crippen molar-refractivity contribution < 1.29 is 19.1 Å². The van der Waals surface area contributed by atoms with Crippen LogP contribution in [0.3, 0.4) is 0 Å². The summed E-state index contributed by atoms with van der Waals surface area (Å²) in [7, 11) is 0. The highest BCUT2D eigenvalue weighted by molar-refractivity contribution is 5.76. The number of nitrogens with zero attached hydrogens (tertiary/aromatic N) is 2. The molecule has 28 heavy (non-hydrogen) atoms. The summed E-state index contributed by atoms with van der Waals surface area (Å²) in [4.78, 5) is 28.0. The molecule has 6 heteroatoms. The van der Waals surface area contributed by atoms with E-state index in [0.717, 1.165) is 11.3 Å². The molecule has 0 bridgehead atoms. The van der Waals surface area contributed by atoms with Gasteiger partial charge in [0.2, 0.25) is 5.91 Å². The average molecular weight is 382 g/mol. The zero-order valence-corrected chi connectivity index (χ0v) is 16.0. The molecule has 0 unspecified atom stereocenters. The largest absolute Gasteiger partial charge is 0.494 e. The Hall–Kier alpha value is -3.02. The molecule has 0 aliphatic carbocycles. The first kappa shape index (κ1) is 19.7. The monoisotopic (exact) mass is 382 g/mol. The van der Waals surface area contributed by atoms with Crippen LogP contribution in [0.25, 0.3) is 0 Å². The van der Waals surface area contributed by atoms with E-state index in [-0.39, 0.29) is 18.6 Å². The first-order valence-electron chi connectivity index (χ1n) is 9.63. The molecule has 1 aliphatic heterocycles. The maximum absolute atomic E-state index is 12.3. The smallest absolute Gasteiger partial charge is 0.410 e. The van der Waals surface area contributed by atoms with Crippen molar-refractivity contribution in [1.29, 1.82) is 0 Å². The van der Waals surface area contributed by atoms with Crippen molar-refractivity contribution in [3.8, 4) is 5.75 Å². The van der Waals surface area contributed by atoms with Crippen LogP contribution in [0.2, 0.25) is 0 Å². The van der Waals surface area contributed by atoms with Gasteiger partial charge in [0.25, 0.3) is 0 Å². The molecule has 2 amide bonds. The van der Waals surface area contributed by atoms with Crippen molar-refractivity contribution in [2.45, 2.75) is 19.4 Å². The number of hydrogen-bond donors (Lipinski definition) is 0. The summed E-state index contributed by atoms with van der Waals surface area (Å²) in [6, 6.07) is 19.2. The molecule has 3 rings (SSSR count). The molecule has 0 spiro atoms. The average Bonchev–Trinajstić information content (AvgIpc) is 2.76. The number of piperazine rings is 1. The van der Waals surface area contributed by atoms with E-state index in [1.807, 2.05) is 65.6 Å². The number of benzene rings is 2. The summed E-state index contributed by atoms with van der Waals surface area (Å²) in [5.41, 5.74) is 0.961. The number of ether oxygens (including phenoxy) is 2. The molecule has 6 nitrogen and oxygen atoms in total. The standard InChI is InChI=1S/C22H26N2O4/c25-21(12-7-17-27-20-10-5-2-6-11-20)23-13-15-24(16-14-23)22(26)28-18-19-8-3-1-4-9-19/h1-6,8-11H,7,12-18H2. The Bertz CT molecular complexity index is 744. The van der Waals surface area contributed by atoms with Crippen molar-refractivity contribution in [2.75, 3.05) is 32.8 Å². The van der Waals surface area contributed by atoms with E-state index in [4.69, 9.17) is 9.47 Å². The topological polar surface area (TPSA) is 59.1 Å². The molecular weight excluding hydrogens is 356 g/mol. The molecule has 0 saturated carbocycles. The highest BCUT2D eigenvalue weighted by atomic mass is 16.6. The van der Waals surface area contributed by atoms with Gasteiger partial charge in [0.1, 0.15) is 12.4 Å². The van der Waals surface area contributed by atoms with Crippen LogP contribution in [0.15, 0.2) is 60.7 Å². The van der Waals surface area contributed by atoms with E-state index < -0.39 is 0 Å². The quantitative estimate of drug-likeness (QED) is 0.689. The zero-order valence-electron chi connectivity index (χ0n) is 16.0. The van der Waals surface area contributed by atoms with E-state index in [0.29, 0.717) is 45.6 Å². The van der Waals surface area contributed by atoms with E-state index >= 15 is 0 Å². The fraction of sp³-hybridized carbons (Fsp3) is 0.364. The third-order valence-corrected chi connectivity index (χ3v) is 4.64. The number of para-hydroxylation sites is 1. The number of carbonyl (C=O) groups excluding carboxylic acids is 2. The predicted molar refractivity (Wildman–Crippen MR) is 106 cm³/mol. The Morgan fingerprint density at radius 2 is 1.43 bits per heavy atom. The molecule has 0 atom stereocenters. The second-order valence-corrected chi connectivity index (χ2v) is 6.67. The van der Waals surface area contributed by atoms with Crippen molar-refractivity contribution in [2.24, 2.45) is 0 Å². The highest BCUT2D eigenvalue weighted by Gasteiger charge is 2.24. The normalized spacial score (nSPS) is 13.9. The second kappa shape index (κ2) is 10.3. The lowest BCUT2D eigenvalue weighted by Crippen LogP contribution is -2.50. The Balaban J connectivity index is 1.31. The van der Waals surface area contributed by atoms with Crippen LogP contribution in [-0.4, -0.2) is 54.6 Å².